The van der Waals surface area contributed by atoms with Gasteiger partial charge in [0.15, 0.2) is 5.82 Å². The Balaban J connectivity index is 1.44. The maximum Gasteiger partial charge on any atom is 0.266 e. The summed E-state index contributed by atoms with van der Waals surface area (Å²) in [6, 6.07) is 5.59. The molecule has 2 unspecified atom stereocenters. The molecule has 2 fully saturated rings. The molecule has 2 atom stereocenters. The predicted molar refractivity (Wildman–Crippen MR) is 98.4 cm³/mol. The average Bonchev–Trinajstić information content (AvgIpc) is 2.91. The van der Waals surface area contributed by atoms with Crippen LogP contribution in [0.15, 0.2) is 23.0 Å². The third-order valence-corrected chi connectivity index (χ3v) is 5.66. The molecule has 2 aromatic heterocycles. The van der Waals surface area contributed by atoms with E-state index >= 15 is 0 Å². The van der Waals surface area contributed by atoms with Crippen LogP contribution in [0, 0.1) is 19.8 Å². The first-order chi connectivity index (χ1) is 12.5. The summed E-state index contributed by atoms with van der Waals surface area (Å²) in [5, 5.41) is 19.2. The summed E-state index contributed by atoms with van der Waals surface area (Å²) in [5.41, 5.74) is 1.86. The minimum absolute atomic E-state index is 0.0774. The second-order valence-corrected chi connectivity index (χ2v) is 7.79. The molecule has 1 saturated carbocycles. The SMILES string of the molecule is Cc1cc(C)n(-c2ccc(=O)n(CC3CN(C4CCCCC4O)C3)n2)n1. The molecule has 0 amide bonds. The van der Waals surface area contributed by atoms with Crippen LogP contribution in [0.4, 0.5) is 0 Å². The summed E-state index contributed by atoms with van der Waals surface area (Å²) in [4.78, 5) is 14.6. The van der Waals surface area contributed by atoms with E-state index in [1.807, 2.05) is 19.9 Å². The van der Waals surface area contributed by atoms with E-state index in [1.54, 1.807) is 21.5 Å². The summed E-state index contributed by atoms with van der Waals surface area (Å²) < 4.78 is 3.34. The number of aromatic nitrogens is 4. The van der Waals surface area contributed by atoms with Gasteiger partial charge in [-0.15, -0.1) is 5.10 Å². The number of aliphatic hydroxyl groups is 1. The number of aryl methyl sites for hydroxylation is 2. The van der Waals surface area contributed by atoms with Crippen LogP contribution in [0.3, 0.4) is 0 Å². The number of hydrogen-bond acceptors (Lipinski definition) is 5. The smallest absolute Gasteiger partial charge is 0.266 e. The highest BCUT2D eigenvalue weighted by Gasteiger charge is 2.37. The van der Waals surface area contributed by atoms with Gasteiger partial charge < -0.3 is 5.11 Å². The maximum atomic E-state index is 12.2. The van der Waals surface area contributed by atoms with Crippen molar-refractivity contribution >= 4 is 0 Å². The standard InChI is InChI=1S/C19H27N5O2/c1-13-9-14(2)24(20-13)18-7-8-19(26)23(21-18)12-15-10-22(11-15)16-5-3-4-6-17(16)25/h7-9,15-17,25H,3-6,10-12H2,1-2H3. The highest BCUT2D eigenvalue weighted by atomic mass is 16.3. The molecule has 4 rings (SSSR count). The van der Waals surface area contributed by atoms with Crippen molar-refractivity contribution in [1.29, 1.82) is 0 Å². The lowest BCUT2D eigenvalue weighted by atomic mass is 9.87. The van der Waals surface area contributed by atoms with Crippen molar-refractivity contribution in [3.05, 3.63) is 39.9 Å². The van der Waals surface area contributed by atoms with Crippen LogP contribution in [-0.2, 0) is 6.54 Å². The van der Waals surface area contributed by atoms with Crippen LogP contribution >= 0.6 is 0 Å². The molecule has 0 radical (unpaired) electrons. The summed E-state index contributed by atoms with van der Waals surface area (Å²) in [5.74, 6) is 1.08. The molecule has 7 nitrogen and oxygen atoms in total. The molecule has 140 valence electrons. The van der Waals surface area contributed by atoms with E-state index in [0.29, 0.717) is 24.3 Å². The summed E-state index contributed by atoms with van der Waals surface area (Å²) in [7, 11) is 0. The topological polar surface area (TPSA) is 76.2 Å². The van der Waals surface area contributed by atoms with Gasteiger partial charge in [-0.05, 0) is 38.8 Å². The minimum atomic E-state index is -0.195. The van der Waals surface area contributed by atoms with Gasteiger partial charge in [0, 0.05) is 36.8 Å². The summed E-state index contributed by atoms with van der Waals surface area (Å²) in [6.07, 6.45) is 4.14. The molecule has 7 heteroatoms. The van der Waals surface area contributed by atoms with E-state index in [1.165, 1.54) is 6.42 Å². The summed E-state index contributed by atoms with van der Waals surface area (Å²) >= 11 is 0. The third kappa shape index (κ3) is 3.33. The zero-order valence-electron chi connectivity index (χ0n) is 15.5. The lowest BCUT2D eigenvalue weighted by Gasteiger charge is -2.47. The normalized spacial score (nSPS) is 24.6. The summed E-state index contributed by atoms with van der Waals surface area (Å²) in [6.45, 7) is 6.41. The highest BCUT2D eigenvalue weighted by Crippen LogP contribution is 2.29. The Bertz CT molecular complexity index is 837. The molecule has 0 bridgehead atoms. The molecule has 2 aliphatic rings. The molecule has 1 N–H and O–H groups in total. The Morgan fingerprint density at radius 3 is 2.62 bits per heavy atom. The Hall–Kier alpha value is -1.99. The molecule has 1 aliphatic carbocycles. The van der Waals surface area contributed by atoms with E-state index in [0.717, 1.165) is 43.7 Å². The van der Waals surface area contributed by atoms with Gasteiger partial charge >= 0.3 is 0 Å². The van der Waals surface area contributed by atoms with Gasteiger partial charge in [0.05, 0.1) is 18.3 Å². The predicted octanol–water partition coefficient (Wildman–Crippen LogP) is 1.28. The van der Waals surface area contributed by atoms with E-state index < -0.39 is 0 Å². The molecule has 0 aromatic carbocycles. The van der Waals surface area contributed by atoms with Gasteiger partial charge in [0.1, 0.15) is 0 Å². The molecule has 1 aliphatic heterocycles. The highest BCUT2D eigenvalue weighted by molar-refractivity contribution is 5.23. The second kappa shape index (κ2) is 6.96. The van der Waals surface area contributed by atoms with Crippen molar-refractivity contribution in [3.63, 3.8) is 0 Å². The van der Waals surface area contributed by atoms with Gasteiger partial charge in [-0.3, -0.25) is 9.69 Å². The van der Waals surface area contributed by atoms with Crippen LogP contribution in [0.25, 0.3) is 5.82 Å². The van der Waals surface area contributed by atoms with E-state index in [2.05, 4.69) is 15.1 Å². The number of hydrogen-bond donors (Lipinski definition) is 1. The first-order valence-electron chi connectivity index (χ1n) is 9.55. The van der Waals surface area contributed by atoms with E-state index in [4.69, 9.17) is 0 Å². The Kier molecular flexibility index (Phi) is 4.67. The monoisotopic (exact) mass is 357 g/mol. The number of aliphatic hydroxyl groups excluding tert-OH is 1. The molecule has 3 heterocycles. The largest absolute Gasteiger partial charge is 0.391 e. The molecule has 0 spiro atoms. The first-order valence-corrected chi connectivity index (χ1v) is 9.55. The van der Waals surface area contributed by atoms with Crippen molar-refractivity contribution in [2.75, 3.05) is 13.1 Å². The van der Waals surface area contributed by atoms with Crippen LogP contribution in [0.1, 0.15) is 37.1 Å². The van der Waals surface area contributed by atoms with E-state index in [-0.39, 0.29) is 11.7 Å². The first kappa shape index (κ1) is 17.4. The molecule has 1 saturated heterocycles. The maximum absolute atomic E-state index is 12.2. The quantitative estimate of drug-likeness (QED) is 0.892. The minimum Gasteiger partial charge on any atom is -0.391 e. The van der Waals surface area contributed by atoms with Crippen LogP contribution in [0.2, 0.25) is 0 Å². The van der Waals surface area contributed by atoms with Crippen molar-refractivity contribution in [1.82, 2.24) is 24.5 Å². The fraction of sp³-hybridized carbons (Fsp3) is 0.632. The van der Waals surface area contributed by atoms with Crippen molar-refractivity contribution in [2.45, 2.75) is 58.2 Å². The van der Waals surface area contributed by atoms with E-state index in [9.17, 15) is 9.90 Å². The van der Waals surface area contributed by atoms with Crippen LogP contribution < -0.4 is 5.56 Å². The Morgan fingerprint density at radius 2 is 1.92 bits per heavy atom. The number of likely N-dealkylation sites (tertiary alicyclic amines) is 1. The Morgan fingerprint density at radius 1 is 1.15 bits per heavy atom. The molecular formula is C19H27N5O2. The van der Waals surface area contributed by atoms with Crippen molar-refractivity contribution in [3.8, 4) is 5.82 Å². The van der Waals surface area contributed by atoms with Gasteiger partial charge in [0.25, 0.3) is 5.56 Å². The van der Waals surface area contributed by atoms with Crippen LogP contribution in [0.5, 0.6) is 0 Å². The zero-order valence-corrected chi connectivity index (χ0v) is 15.5. The van der Waals surface area contributed by atoms with Gasteiger partial charge in [0.2, 0.25) is 0 Å². The molecule has 2 aromatic rings. The second-order valence-electron chi connectivity index (χ2n) is 7.79. The average molecular weight is 357 g/mol. The Labute approximate surface area is 153 Å². The van der Waals surface area contributed by atoms with Gasteiger partial charge in [-0.25, -0.2) is 9.36 Å². The fourth-order valence-electron chi connectivity index (χ4n) is 4.30. The number of rotatable bonds is 4. The van der Waals surface area contributed by atoms with Crippen molar-refractivity contribution in [2.24, 2.45) is 5.92 Å². The lowest BCUT2D eigenvalue weighted by molar-refractivity contribution is -0.0404. The lowest BCUT2D eigenvalue weighted by Crippen LogP contribution is -2.58. The zero-order chi connectivity index (χ0) is 18.3. The van der Waals surface area contributed by atoms with Gasteiger partial charge in [-0.2, -0.15) is 5.10 Å². The van der Waals surface area contributed by atoms with Gasteiger partial charge in [-0.1, -0.05) is 12.8 Å². The molecular weight excluding hydrogens is 330 g/mol. The number of nitrogens with zero attached hydrogens (tertiary/aromatic N) is 5. The van der Waals surface area contributed by atoms with Crippen molar-refractivity contribution < 1.29 is 5.11 Å². The fourth-order valence-corrected chi connectivity index (χ4v) is 4.30. The van der Waals surface area contributed by atoms with Crippen LogP contribution in [-0.4, -0.2) is 54.8 Å². The molecule has 26 heavy (non-hydrogen) atoms. The third-order valence-electron chi connectivity index (χ3n) is 5.66.